The Hall–Kier alpha value is -3.23. The van der Waals surface area contributed by atoms with E-state index in [1.807, 2.05) is 6.92 Å². The molecular weight excluding hydrogens is 330 g/mol. The summed E-state index contributed by atoms with van der Waals surface area (Å²) in [5.41, 5.74) is 0.478. The average molecular weight is 347 g/mol. The van der Waals surface area contributed by atoms with Crippen LogP contribution in [0.3, 0.4) is 0 Å². The summed E-state index contributed by atoms with van der Waals surface area (Å²) >= 11 is 0. The fourth-order valence-electron chi connectivity index (χ4n) is 2.58. The first-order valence-electron chi connectivity index (χ1n) is 7.51. The van der Waals surface area contributed by atoms with Crippen LogP contribution in [0.5, 0.6) is 0 Å². The predicted octanol–water partition coefficient (Wildman–Crippen LogP) is 2.78. The van der Waals surface area contributed by atoms with E-state index < -0.39 is 28.5 Å². The number of carboxylic acid groups (broad SMARTS) is 1. The number of aromatic nitrogens is 1. The minimum absolute atomic E-state index is 0.100. The van der Waals surface area contributed by atoms with Crippen LogP contribution in [0.15, 0.2) is 22.7 Å². The van der Waals surface area contributed by atoms with Gasteiger partial charge in [-0.05, 0) is 26.3 Å². The van der Waals surface area contributed by atoms with Gasteiger partial charge in [0.25, 0.3) is 11.6 Å². The Morgan fingerprint density at radius 1 is 1.32 bits per heavy atom. The number of carboxylic acids is 1. The van der Waals surface area contributed by atoms with Gasteiger partial charge in [-0.2, -0.15) is 0 Å². The van der Waals surface area contributed by atoms with Crippen LogP contribution >= 0.6 is 0 Å². The van der Waals surface area contributed by atoms with Gasteiger partial charge in [-0.15, -0.1) is 0 Å². The number of hydrogen-bond donors (Lipinski definition) is 2. The first-order chi connectivity index (χ1) is 11.7. The van der Waals surface area contributed by atoms with Crippen LogP contribution in [0.2, 0.25) is 0 Å². The van der Waals surface area contributed by atoms with Crippen molar-refractivity contribution in [3.8, 4) is 0 Å². The molecule has 0 saturated carbocycles. The molecule has 1 aromatic heterocycles. The summed E-state index contributed by atoms with van der Waals surface area (Å²) < 4.78 is 5.10. The number of hydrogen-bond acceptors (Lipinski definition) is 6. The lowest BCUT2D eigenvalue weighted by atomic mass is 10.0. The number of nitrogens with zero attached hydrogens (tertiary/aromatic N) is 2. The number of non-ortho nitro benzene ring substituents is 1. The van der Waals surface area contributed by atoms with Crippen LogP contribution in [0.4, 0.5) is 5.69 Å². The van der Waals surface area contributed by atoms with E-state index in [1.54, 1.807) is 13.8 Å². The Balaban J connectivity index is 2.36. The highest BCUT2D eigenvalue weighted by atomic mass is 16.6. The molecule has 0 fully saturated rings. The molecule has 132 valence electrons. The summed E-state index contributed by atoms with van der Waals surface area (Å²) in [4.78, 5) is 33.9. The van der Waals surface area contributed by atoms with E-state index in [2.05, 4.69) is 10.5 Å². The molecule has 1 atom stereocenters. The van der Waals surface area contributed by atoms with Crippen molar-refractivity contribution in [2.24, 2.45) is 0 Å². The maximum absolute atomic E-state index is 12.5. The summed E-state index contributed by atoms with van der Waals surface area (Å²) in [6, 6.07) is 2.64. The SMILES string of the molecule is CCC(NC(=O)c1cc(C(=O)O)cc([N+](=O)[O-])c1)c1c(C)noc1C. The fourth-order valence-corrected chi connectivity index (χ4v) is 2.58. The molecule has 0 aliphatic heterocycles. The van der Waals surface area contributed by atoms with E-state index in [9.17, 15) is 19.7 Å². The van der Waals surface area contributed by atoms with Gasteiger partial charge < -0.3 is 14.9 Å². The van der Waals surface area contributed by atoms with Gasteiger partial charge in [0.05, 0.1) is 22.2 Å². The minimum atomic E-state index is -1.35. The van der Waals surface area contributed by atoms with Gasteiger partial charge in [0.2, 0.25) is 0 Å². The molecule has 0 spiro atoms. The third kappa shape index (κ3) is 3.82. The molecular formula is C16H17N3O6. The third-order valence-electron chi connectivity index (χ3n) is 3.79. The Bertz CT molecular complexity index is 791. The largest absolute Gasteiger partial charge is 0.478 e. The number of benzene rings is 1. The van der Waals surface area contributed by atoms with Crippen molar-refractivity contribution < 1.29 is 24.1 Å². The lowest BCUT2D eigenvalue weighted by molar-refractivity contribution is -0.384. The van der Waals surface area contributed by atoms with Crippen molar-refractivity contribution >= 4 is 17.6 Å². The number of nitro groups is 1. The monoisotopic (exact) mass is 347 g/mol. The normalized spacial score (nSPS) is 11.8. The molecule has 1 amide bonds. The number of aromatic carboxylic acids is 1. The highest BCUT2D eigenvalue weighted by Gasteiger charge is 2.23. The van der Waals surface area contributed by atoms with Gasteiger partial charge in [0, 0.05) is 23.3 Å². The molecule has 0 radical (unpaired) electrons. The second-order valence-electron chi connectivity index (χ2n) is 5.50. The van der Waals surface area contributed by atoms with Gasteiger partial charge >= 0.3 is 5.97 Å². The predicted molar refractivity (Wildman–Crippen MR) is 86.5 cm³/mol. The molecule has 0 bridgehead atoms. The van der Waals surface area contributed by atoms with Crippen molar-refractivity contribution in [2.75, 3.05) is 0 Å². The van der Waals surface area contributed by atoms with Crippen LogP contribution in [0, 0.1) is 24.0 Å². The van der Waals surface area contributed by atoms with Crippen LogP contribution in [-0.2, 0) is 0 Å². The first-order valence-corrected chi connectivity index (χ1v) is 7.51. The smallest absolute Gasteiger partial charge is 0.335 e. The Kier molecular flexibility index (Phi) is 5.16. The van der Waals surface area contributed by atoms with Crippen molar-refractivity contribution in [1.29, 1.82) is 0 Å². The van der Waals surface area contributed by atoms with E-state index >= 15 is 0 Å². The topological polar surface area (TPSA) is 136 Å². The van der Waals surface area contributed by atoms with Gasteiger partial charge in [-0.1, -0.05) is 12.1 Å². The molecule has 2 N–H and O–H groups in total. The Morgan fingerprint density at radius 2 is 1.96 bits per heavy atom. The Labute approximate surface area is 142 Å². The molecule has 1 heterocycles. The number of nitro benzene ring substituents is 1. The second kappa shape index (κ2) is 7.12. The summed E-state index contributed by atoms with van der Waals surface area (Å²) in [6.07, 6.45) is 0.537. The van der Waals surface area contributed by atoms with Gasteiger partial charge in [-0.25, -0.2) is 4.79 Å². The van der Waals surface area contributed by atoms with Crippen LogP contribution in [-0.4, -0.2) is 27.1 Å². The molecule has 0 aliphatic rings. The van der Waals surface area contributed by atoms with E-state index in [0.717, 1.165) is 23.8 Å². The molecule has 0 aliphatic carbocycles. The third-order valence-corrected chi connectivity index (χ3v) is 3.79. The van der Waals surface area contributed by atoms with Gasteiger partial charge in [0.1, 0.15) is 5.76 Å². The number of carbonyl (C=O) groups excluding carboxylic acids is 1. The van der Waals surface area contributed by atoms with Crippen molar-refractivity contribution in [3.05, 3.63) is 56.5 Å². The van der Waals surface area contributed by atoms with Gasteiger partial charge in [-0.3, -0.25) is 14.9 Å². The van der Waals surface area contributed by atoms with E-state index in [0.29, 0.717) is 17.9 Å². The highest BCUT2D eigenvalue weighted by Crippen LogP contribution is 2.25. The van der Waals surface area contributed by atoms with E-state index in [1.165, 1.54) is 0 Å². The molecule has 1 unspecified atom stereocenters. The van der Waals surface area contributed by atoms with Crippen LogP contribution < -0.4 is 5.32 Å². The molecule has 25 heavy (non-hydrogen) atoms. The first kappa shape index (κ1) is 18.1. The molecule has 9 nitrogen and oxygen atoms in total. The van der Waals surface area contributed by atoms with E-state index in [4.69, 9.17) is 9.63 Å². The van der Waals surface area contributed by atoms with Crippen molar-refractivity contribution in [1.82, 2.24) is 10.5 Å². The number of amides is 1. The molecule has 9 heteroatoms. The number of aryl methyl sites for hydroxylation is 2. The Morgan fingerprint density at radius 3 is 2.44 bits per heavy atom. The highest BCUT2D eigenvalue weighted by molar-refractivity contribution is 5.98. The fraction of sp³-hybridized carbons (Fsp3) is 0.312. The molecule has 2 rings (SSSR count). The van der Waals surface area contributed by atoms with Crippen molar-refractivity contribution in [3.63, 3.8) is 0 Å². The summed E-state index contributed by atoms with van der Waals surface area (Å²) in [5.74, 6) is -1.40. The quantitative estimate of drug-likeness (QED) is 0.605. The standard InChI is InChI=1S/C16H17N3O6/c1-4-13(14-8(2)18-25-9(14)3)17-15(20)10-5-11(16(21)22)7-12(6-10)19(23)24/h5-7,13H,4H2,1-3H3,(H,17,20)(H,21,22). The maximum Gasteiger partial charge on any atom is 0.335 e. The number of rotatable bonds is 6. The van der Waals surface area contributed by atoms with E-state index in [-0.39, 0.29) is 11.1 Å². The lowest BCUT2D eigenvalue weighted by Crippen LogP contribution is -2.29. The summed E-state index contributed by atoms with van der Waals surface area (Å²) in [6.45, 7) is 5.32. The van der Waals surface area contributed by atoms with Crippen LogP contribution in [0.1, 0.15) is 57.1 Å². The molecule has 0 saturated heterocycles. The molecule has 1 aromatic carbocycles. The zero-order chi connectivity index (χ0) is 18.7. The minimum Gasteiger partial charge on any atom is -0.478 e. The number of nitrogens with one attached hydrogen (secondary N) is 1. The van der Waals surface area contributed by atoms with Crippen LogP contribution in [0.25, 0.3) is 0 Å². The summed E-state index contributed by atoms with van der Waals surface area (Å²) in [5, 5.41) is 26.6. The average Bonchev–Trinajstić information content (AvgIpc) is 2.90. The zero-order valence-corrected chi connectivity index (χ0v) is 13.9. The number of carbonyl (C=O) groups is 2. The van der Waals surface area contributed by atoms with Crippen molar-refractivity contribution in [2.45, 2.75) is 33.2 Å². The summed E-state index contributed by atoms with van der Waals surface area (Å²) in [7, 11) is 0. The zero-order valence-electron chi connectivity index (χ0n) is 13.9. The second-order valence-corrected chi connectivity index (χ2v) is 5.50. The van der Waals surface area contributed by atoms with Gasteiger partial charge in [0.15, 0.2) is 0 Å². The lowest BCUT2D eigenvalue weighted by Gasteiger charge is -2.17. The molecule has 2 aromatic rings. The maximum atomic E-state index is 12.5.